The Bertz CT molecular complexity index is 853. The summed E-state index contributed by atoms with van der Waals surface area (Å²) in [6.07, 6.45) is 3.11. The normalized spacial score (nSPS) is 16.8. The zero-order valence-corrected chi connectivity index (χ0v) is 11.2. The van der Waals surface area contributed by atoms with Gasteiger partial charge in [-0.05, 0) is 12.1 Å². The number of hydrogen-bond donors (Lipinski definition) is 0. The molecule has 0 atom stereocenters. The highest BCUT2D eigenvalue weighted by Gasteiger charge is 2.45. The molecule has 8 heteroatoms. The molecule has 1 saturated heterocycles. The molecule has 3 heterocycles. The Hall–Kier alpha value is -2.64. The third kappa shape index (κ3) is 1.99. The average molecular weight is 305 g/mol. The molecule has 0 unspecified atom stereocenters. The maximum atomic E-state index is 13.4. The quantitative estimate of drug-likeness (QED) is 0.729. The van der Waals surface area contributed by atoms with Crippen molar-refractivity contribution in [3.05, 3.63) is 42.5 Å². The van der Waals surface area contributed by atoms with Crippen LogP contribution >= 0.6 is 0 Å². The lowest BCUT2D eigenvalue weighted by atomic mass is 10.1. The molecule has 1 aliphatic heterocycles. The fraction of sp³-hybridized carbons (Fsp3) is 0.214. The third-order valence-corrected chi connectivity index (χ3v) is 3.54. The molecule has 5 nitrogen and oxygen atoms in total. The van der Waals surface area contributed by atoms with Gasteiger partial charge in [-0.2, -0.15) is 0 Å². The van der Waals surface area contributed by atoms with Crippen molar-refractivity contribution in [1.82, 2.24) is 19.6 Å². The van der Waals surface area contributed by atoms with Gasteiger partial charge in [0.05, 0.1) is 13.1 Å². The highest BCUT2D eigenvalue weighted by atomic mass is 19.3. The summed E-state index contributed by atoms with van der Waals surface area (Å²) in [7, 11) is 0. The average Bonchev–Trinajstić information content (AvgIpc) is 2.88. The zero-order valence-electron chi connectivity index (χ0n) is 11.2. The summed E-state index contributed by atoms with van der Waals surface area (Å²) in [5.41, 5.74) is 0.927. The highest BCUT2D eigenvalue weighted by Crippen LogP contribution is 2.33. The van der Waals surface area contributed by atoms with E-state index >= 15 is 0 Å². The molecule has 22 heavy (non-hydrogen) atoms. The Balaban J connectivity index is 1.81. The van der Waals surface area contributed by atoms with E-state index in [1.807, 2.05) is 0 Å². The summed E-state index contributed by atoms with van der Waals surface area (Å²) in [6.45, 7) is -0.774. The lowest BCUT2D eigenvalue weighted by Crippen LogP contribution is -2.56. The van der Waals surface area contributed by atoms with Crippen LogP contribution in [0.4, 0.5) is 19.0 Å². The molecule has 1 aromatic carbocycles. The summed E-state index contributed by atoms with van der Waals surface area (Å²) in [6, 6.07) is 5.96. The van der Waals surface area contributed by atoms with Crippen molar-refractivity contribution in [2.75, 3.05) is 18.0 Å². The van der Waals surface area contributed by atoms with Gasteiger partial charge >= 0.3 is 0 Å². The van der Waals surface area contributed by atoms with Crippen LogP contribution in [0.15, 0.2) is 36.7 Å². The Morgan fingerprint density at radius 3 is 2.68 bits per heavy atom. The van der Waals surface area contributed by atoms with Crippen LogP contribution in [0.5, 0.6) is 0 Å². The number of alkyl halides is 2. The van der Waals surface area contributed by atoms with Crippen LogP contribution in [0.1, 0.15) is 0 Å². The van der Waals surface area contributed by atoms with Gasteiger partial charge in [0.25, 0.3) is 5.92 Å². The minimum atomic E-state index is -2.69. The number of benzene rings is 1. The Kier molecular flexibility index (Phi) is 2.63. The standard InChI is InChI=1S/C14H10F3N5/c15-10-3-1-2-9(6-10)11-19-20-13-12(18-4-5-22(11)13)21-7-14(16,17)8-21/h1-6H,7-8H2. The molecule has 1 aliphatic rings. The van der Waals surface area contributed by atoms with Crippen molar-refractivity contribution < 1.29 is 13.2 Å². The van der Waals surface area contributed by atoms with Gasteiger partial charge in [-0.1, -0.05) is 12.1 Å². The molecule has 0 bridgehead atoms. The van der Waals surface area contributed by atoms with Gasteiger partial charge in [0, 0.05) is 18.0 Å². The fourth-order valence-corrected chi connectivity index (χ4v) is 2.52. The summed E-state index contributed by atoms with van der Waals surface area (Å²) >= 11 is 0. The van der Waals surface area contributed by atoms with Gasteiger partial charge < -0.3 is 4.90 Å². The number of halogens is 3. The van der Waals surface area contributed by atoms with Gasteiger partial charge in [0.1, 0.15) is 5.82 Å². The number of nitrogens with zero attached hydrogens (tertiary/aromatic N) is 5. The smallest absolute Gasteiger partial charge is 0.282 e. The fourth-order valence-electron chi connectivity index (χ4n) is 2.52. The number of rotatable bonds is 2. The minimum absolute atomic E-state index is 0.351. The first-order valence-corrected chi connectivity index (χ1v) is 6.62. The molecular weight excluding hydrogens is 295 g/mol. The van der Waals surface area contributed by atoms with Gasteiger partial charge in [-0.25, -0.2) is 18.2 Å². The van der Waals surface area contributed by atoms with Crippen LogP contribution < -0.4 is 4.90 Å². The summed E-state index contributed by atoms with van der Waals surface area (Å²) in [4.78, 5) is 5.56. The van der Waals surface area contributed by atoms with Crippen molar-refractivity contribution in [1.29, 1.82) is 0 Å². The molecule has 0 saturated carbocycles. The SMILES string of the molecule is Fc1cccc(-c2nnc3c(N4CC(F)(F)C4)nccn23)c1. The highest BCUT2D eigenvalue weighted by molar-refractivity contribution is 5.69. The maximum Gasteiger partial charge on any atom is 0.282 e. The van der Waals surface area contributed by atoms with Crippen LogP contribution in [0.25, 0.3) is 17.0 Å². The topological polar surface area (TPSA) is 46.3 Å². The van der Waals surface area contributed by atoms with Crippen LogP contribution in [0, 0.1) is 5.82 Å². The van der Waals surface area contributed by atoms with Crippen LogP contribution in [0.2, 0.25) is 0 Å². The van der Waals surface area contributed by atoms with Crippen LogP contribution in [-0.4, -0.2) is 38.6 Å². The second-order valence-corrected chi connectivity index (χ2v) is 5.19. The summed E-state index contributed by atoms with van der Waals surface area (Å²) in [5, 5.41) is 8.05. The molecular formula is C14H10F3N5. The van der Waals surface area contributed by atoms with Crippen LogP contribution in [-0.2, 0) is 0 Å². The predicted molar refractivity (Wildman–Crippen MR) is 73.3 cm³/mol. The monoisotopic (exact) mass is 305 g/mol. The second kappa shape index (κ2) is 4.43. The summed E-state index contributed by atoms with van der Waals surface area (Å²) in [5.74, 6) is -2.29. The Morgan fingerprint density at radius 1 is 1.14 bits per heavy atom. The minimum Gasteiger partial charge on any atom is -0.341 e. The molecule has 112 valence electrons. The molecule has 0 amide bonds. The second-order valence-electron chi connectivity index (χ2n) is 5.19. The number of anilines is 1. The van der Waals surface area contributed by atoms with Crippen LogP contribution in [0.3, 0.4) is 0 Å². The van der Waals surface area contributed by atoms with E-state index in [0.29, 0.717) is 22.9 Å². The molecule has 0 spiro atoms. The van der Waals surface area contributed by atoms with Gasteiger partial charge in [-0.15, -0.1) is 10.2 Å². The predicted octanol–water partition coefficient (Wildman–Crippen LogP) is 2.39. The largest absolute Gasteiger partial charge is 0.341 e. The Labute approximate surface area is 123 Å². The third-order valence-electron chi connectivity index (χ3n) is 3.54. The van der Waals surface area contributed by atoms with E-state index in [1.165, 1.54) is 23.2 Å². The van der Waals surface area contributed by atoms with E-state index in [4.69, 9.17) is 0 Å². The first-order chi connectivity index (χ1) is 10.5. The molecule has 4 rings (SSSR count). The van der Waals surface area contributed by atoms with E-state index in [9.17, 15) is 13.2 Å². The molecule has 0 radical (unpaired) electrons. The van der Waals surface area contributed by atoms with Crippen molar-refractivity contribution in [3.63, 3.8) is 0 Å². The molecule has 2 aromatic heterocycles. The number of fused-ring (bicyclic) bond motifs is 1. The summed E-state index contributed by atoms with van der Waals surface area (Å²) < 4.78 is 41.0. The molecule has 0 aliphatic carbocycles. The zero-order chi connectivity index (χ0) is 15.3. The first kappa shape index (κ1) is 13.1. The molecule has 0 N–H and O–H groups in total. The van der Waals surface area contributed by atoms with Crippen molar-refractivity contribution >= 4 is 11.5 Å². The first-order valence-electron chi connectivity index (χ1n) is 6.62. The van der Waals surface area contributed by atoms with E-state index < -0.39 is 5.92 Å². The van der Waals surface area contributed by atoms with Gasteiger partial charge in [0.2, 0.25) is 5.65 Å². The van der Waals surface area contributed by atoms with E-state index in [1.54, 1.807) is 22.7 Å². The van der Waals surface area contributed by atoms with Crippen molar-refractivity contribution in [2.24, 2.45) is 0 Å². The van der Waals surface area contributed by atoms with Crippen molar-refractivity contribution in [2.45, 2.75) is 5.92 Å². The lowest BCUT2D eigenvalue weighted by Gasteiger charge is -2.39. The number of aromatic nitrogens is 4. The van der Waals surface area contributed by atoms with Gasteiger partial charge in [0.15, 0.2) is 11.6 Å². The maximum absolute atomic E-state index is 13.4. The molecule has 1 fully saturated rings. The molecule has 3 aromatic rings. The van der Waals surface area contributed by atoms with Crippen molar-refractivity contribution in [3.8, 4) is 11.4 Å². The van der Waals surface area contributed by atoms with E-state index in [-0.39, 0.29) is 18.9 Å². The Morgan fingerprint density at radius 2 is 1.95 bits per heavy atom. The van der Waals surface area contributed by atoms with Gasteiger partial charge in [-0.3, -0.25) is 4.40 Å². The van der Waals surface area contributed by atoms with E-state index in [2.05, 4.69) is 15.2 Å². The number of hydrogen-bond acceptors (Lipinski definition) is 4. The van der Waals surface area contributed by atoms with E-state index in [0.717, 1.165) is 0 Å². The lowest BCUT2D eigenvalue weighted by molar-refractivity contribution is -0.0265.